The van der Waals surface area contributed by atoms with Crippen molar-refractivity contribution in [3.05, 3.63) is 98.6 Å². The topological polar surface area (TPSA) is 105 Å². The van der Waals surface area contributed by atoms with Crippen LogP contribution in [-0.2, 0) is 9.53 Å². The number of carboxylic acids is 1. The summed E-state index contributed by atoms with van der Waals surface area (Å²) in [6.07, 6.45) is -0.839. The molecule has 0 radical (unpaired) electrons. The highest BCUT2D eigenvalue weighted by molar-refractivity contribution is 14.1. The molecule has 3 N–H and O–H groups in total. The fraction of sp³-hybridized carbons (Fsp3) is 0.0833. The number of amides is 1. The SMILES string of the molecule is O=C(O)/C=C/[C@H](Oc1ccccc1)[C@@H](OC(=O)Nc1ccc(Br)cc1)c1cc(I)ccc1O. The Kier molecular flexibility index (Phi) is 8.72. The van der Waals surface area contributed by atoms with Crippen molar-refractivity contribution in [3.8, 4) is 11.5 Å². The van der Waals surface area contributed by atoms with E-state index in [0.717, 1.165) is 14.1 Å². The molecule has 0 saturated carbocycles. The van der Waals surface area contributed by atoms with Gasteiger partial charge in [-0.2, -0.15) is 0 Å². The highest BCUT2D eigenvalue weighted by Crippen LogP contribution is 2.34. The van der Waals surface area contributed by atoms with Crippen molar-refractivity contribution in [2.24, 2.45) is 0 Å². The predicted octanol–water partition coefficient (Wildman–Crippen LogP) is 6.14. The van der Waals surface area contributed by atoms with E-state index in [-0.39, 0.29) is 11.3 Å². The maximum atomic E-state index is 12.7. The minimum Gasteiger partial charge on any atom is -0.508 e. The number of aromatic hydroxyl groups is 1. The Morgan fingerprint density at radius 1 is 1.03 bits per heavy atom. The minimum absolute atomic E-state index is 0.123. The van der Waals surface area contributed by atoms with Gasteiger partial charge in [0.1, 0.15) is 11.5 Å². The number of benzene rings is 3. The second kappa shape index (κ2) is 11.7. The Bertz CT molecular complexity index is 1140. The predicted molar refractivity (Wildman–Crippen MR) is 135 cm³/mol. The molecule has 1 amide bonds. The van der Waals surface area contributed by atoms with Crippen LogP contribution in [0.25, 0.3) is 0 Å². The fourth-order valence-electron chi connectivity index (χ4n) is 2.89. The molecule has 9 heteroatoms. The molecule has 0 aliphatic carbocycles. The number of anilines is 1. The molecule has 3 rings (SSSR count). The molecular formula is C24H19BrINO6. The van der Waals surface area contributed by atoms with Crippen LogP contribution in [0.4, 0.5) is 10.5 Å². The van der Waals surface area contributed by atoms with E-state index in [1.807, 2.05) is 0 Å². The third kappa shape index (κ3) is 7.50. The van der Waals surface area contributed by atoms with Gasteiger partial charge in [0.05, 0.1) is 0 Å². The molecule has 0 fully saturated rings. The molecular weight excluding hydrogens is 605 g/mol. The second-order valence-corrected chi connectivity index (χ2v) is 8.92. The summed E-state index contributed by atoms with van der Waals surface area (Å²) >= 11 is 5.40. The standard InChI is InChI=1S/C24H19BrINO6/c25-15-6-9-17(10-7-15)27-24(31)33-23(19-14-16(26)8-11-20(19)28)21(12-13-22(29)30)32-18-4-2-1-3-5-18/h1-14,21,23,28H,(H,27,31)(H,29,30)/b13-12+/t21-,23-/m0/s1. The minimum atomic E-state index is -1.19. The Labute approximate surface area is 212 Å². The zero-order chi connectivity index (χ0) is 23.8. The Morgan fingerprint density at radius 2 is 1.73 bits per heavy atom. The number of aliphatic carboxylic acids is 1. The van der Waals surface area contributed by atoms with Crippen molar-refractivity contribution in [1.82, 2.24) is 0 Å². The zero-order valence-electron chi connectivity index (χ0n) is 17.0. The lowest BCUT2D eigenvalue weighted by Crippen LogP contribution is -2.30. The number of carboxylic acid groups (broad SMARTS) is 1. The van der Waals surface area contributed by atoms with Crippen LogP contribution in [0.15, 0.2) is 89.4 Å². The third-order valence-corrected chi connectivity index (χ3v) is 5.56. The zero-order valence-corrected chi connectivity index (χ0v) is 20.8. The summed E-state index contributed by atoms with van der Waals surface area (Å²) < 4.78 is 13.3. The summed E-state index contributed by atoms with van der Waals surface area (Å²) in [6, 6.07) is 20.4. The van der Waals surface area contributed by atoms with Crippen molar-refractivity contribution < 1.29 is 29.3 Å². The maximum Gasteiger partial charge on any atom is 0.412 e. The number of phenols is 1. The summed E-state index contributed by atoms with van der Waals surface area (Å²) in [5.74, 6) is -0.881. The first-order valence-electron chi connectivity index (χ1n) is 9.66. The van der Waals surface area contributed by atoms with Crippen molar-refractivity contribution in [1.29, 1.82) is 0 Å². The van der Waals surface area contributed by atoms with Crippen molar-refractivity contribution in [2.75, 3.05) is 5.32 Å². The molecule has 33 heavy (non-hydrogen) atoms. The van der Waals surface area contributed by atoms with Crippen LogP contribution in [0.2, 0.25) is 0 Å². The number of halogens is 2. The Hall–Kier alpha value is -3.05. The number of rotatable bonds is 8. The van der Waals surface area contributed by atoms with Gasteiger partial charge >= 0.3 is 12.1 Å². The van der Waals surface area contributed by atoms with Crippen LogP contribution in [0.3, 0.4) is 0 Å². The highest BCUT2D eigenvalue weighted by atomic mass is 127. The van der Waals surface area contributed by atoms with Gasteiger partial charge in [0, 0.05) is 25.4 Å². The molecule has 170 valence electrons. The summed E-state index contributed by atoms with van der Waals surface area (Å²) in [5, 5.41) is 22.3. The summed E-state index contributed by atoms with van der Waals surface area (Å²) in [5.41, 5.74) is 0.763. The molecule has 3 aromatic rings. The lowest BCUT2D eigenvalue weighted by Gasteiger charge is -2.27. The number of hydrogen-bond donors (Lipinski definition) is 3. The molecule has 7 nitrogen and oxygen atoms in total. The molecule has 0 saturated heterocycles. The molecule has 2 atom stereocenters. The Morgan fingerprint density at radius 3 is 2.39 bits per heavy atom. The van der Waals surface area contributed by atoms with Crippen molar-refractivity contribution >= 4 is 56.3 Å². The van der Waals surface area contributed by atoms with Crippen LogP contribution < -0.4 is 10.1 Å². The van der Waals surface area contributed by atoms with Crippen molar-refractivity contribution in [3.63, 3.8) is 0 Å². The second-order valence-electron chi connectivity index (χ2n) is 6.75. The fourth-order valence-corrected chi connectivity index (χ4v) is 3.67. The average Bonchev–Trinajstić information content (AvgIpc) is 2.79. The van der Waals surface area contributed by atoms with Crippen LogP contribution >= 0.6 is 38.5 Å². The van der Waals surface area contributed by atoms with E-state index in [9.17, 15) is 14.7 Å². The van der Waals surface area contributed by atoms with E-state index < -0.39 is 24.3 Å². The monoisotopic (exact) mass is 623 g/mol. The first-order valence-corrected chi connectivity index (χ1v) is 11.5. The van der Waals surface area contributed by atoms with Gasteiger partial charge in [-0.05, 0) is 83.3 Å². The number of para-hydroxylation sites is 1. The van der Waals surface area contributed by atoms with Gasteiger partial charge in [0.15, 0.2) is 12.2 Å². The van der Waals surface area contributed by atoms with E-state index in [0.29, 0.717) is 11.4 Å². The molecule has 0 heterocycles. The number of carbonyl (C=O) groups is 2. The van der Waals surface area contributed by atoms with E-state index in [4.69, 9.17) is 14.6 Å². The van der Waals surface area contributed by atoms with E-state index >= 15 is 0 Å². The lowest BCUT2D eigenvalue weighted by molar-refractivity contribution is -0.131. The van der Waals surface area contributed by atoms with Gasteiger partial charge < -0.3 is 19.7 Å². The molecule has 0 aliphatic heterocycles. The highest BCUT2D eigenvalue weighted by Gasteiger charge is 2.30. The molecule has 0 aliphatic rings. The van der Waals surface area contributed by atoms with Crippen LogP contribution in [0.1, 0.15) is 11.7 Å². The van der Waals surface area contributed by atoms with Crippen molar-refractivity contribution in [2.45, 2.75) is 12.2 Å². The smallest absolute Gasteiger partial charge is 0.412 e. The summed E-state index contributed by atoms with van der Waals surface area (Å²) in [4.78, 5) is 24.0. The number of carbonyl (C=O) groups excluding carboxylic acids is 1. The van der Waals surface area contributed by atoms with E-state index in [1.165, 1.54) is 12.1 Å². The first kappa shape index (κ1) is 24.6. The number of hydrogen-bond acceptors (Lipinski definition) is 5. The number of nitrogens with one attached hydrogen (secondary N) is 1. The number of phenolic OH excluding ortho intramolecular Hbond substituents is 1. The molecule has 0 unspecified atom stereocenters. The lowest BCUT2D eigenvalue weighted by atomic mass is 10.0. The van der Waals surface area contributed by atoms with Gasteiger partial charge in [0.2, 0.25) is 0 Å². The van der Waals surface area contributed by atoms with Gasteiger partial charge in [-0.3, -0.25) is 5.32 Å². The van der Waals surface area contributed by atoms with E-state index in [2.05, 4.69) is 43.8 Å². The van der Waals surface area contributed by atoms with Crippen LogP contribution in [-0.4, -0.2) is 28.4 Å². The normalized spacial score (nSPS) is 12.7. The summed E-state index contributed by atoms with van der Waals surface area (Å²) in [7, 11) is 0. The van der Waals surface area contributed by atoms with Gasteiger partial charge in [-0.15, -0.1) is 0 Å². The molecule has 0 bridgehead atoms. The number of ether oxygens (including phenoxy) is 2. The quantitative estimate of drug-likeness (QED) is 0.206. The molecule has 0 aromatic heterocycles. The Balaban J connectivity index is 1.96. The van der Waals surface area contributed by atoms with Gasteiger partial charge in [-0.1, -0.05) is 34.1 Å². The van der Waals surface area contributed by atoms with Crippen LogP contribution in [0, 0.1) is 3.57 Å². The first-order chi connectivity index (χ1) is 15.8. The largest absolute Gasteiger partial charge is 0.508 e. The van der Waals surface area contributed by atoms with Gasteiger partial charge in [-0.25, -0.2) is 9.59 Å². The third-order valence-electron chi connectivity index (χ3n) is 4.36. The molecule has 3 aromatic carbocycles. The van der Waals surface area contributed by atoms with E-state index in [1.54, 1.807) is 66.7 Å². The maximum absolute atomic E-state index is 12.7. The summed E-state index contributed by atoms with van der Waals surface area (Å²) in [6.45, 7) is 0. The average molecular weight is 624 g/mol. The van der Waals surface area contributed by atoms with Crippen LogP contribution in [0.5, 0.6) is 11.5 Å². The van der Waals surface area contributed by atoms with Gasteiger partial charge in [0.25, 0.3) is 0 Å². The molecule has 0 spiro atoms.